The van der Waals surface area contributed by atoms with Crippen molar-refractivity contribution in [1.29, 1.82) is 0 Å². The Balaban J connectivity index is 1.28. The van der Waals surface area contributed by atoms with Crippen LogP contribution in [0.15, 0.2) is 150 Å². The van der Waals surface area contributed by atoms with Crippen LogP contribution in [0.3, 0.4) is 0 Å². The smallest absolute Gasteiger partial charge is 0.143 e. The molecule has 1 aliphatic carbocycles. The molecule has 0 saturated heterocycles. The van der Waals surface area contributed by atoms with Gasteiger partial charge >= 0.3 is 0 Å². The monoisotopic (exact) mass is 610 g/mol. The minimum Gasteiger partial charge on any atom is -0.455 e. The number of hydrogen-bond acceptors (Lipinski definition) is 1. The van der Waals surface area contributed by atoms with E-state index in [1.807, 2.05) is 0 Å². The zero-order valence-electron chi connectivity index (χ0n) is 26.8. The highest BCUT2D eigenvalue weighted by Gasteiger charge is 2.37. The van der Waals surface area contributed by atoms with Crippen LogP contribution in [-0.4, -0.2) is 0 Å². The molecule has 0 atom stereocenters. The maximum atomic E-state index is 7.03. The van der Waals surface area contributed by atoms with Crippen molar-refractivity contribution in [3.63, 3.8) is 0 Å². The lowest BCUT2D eigenvalue weighted by Crippen LogP contribution is -2.14. The van der Waals surface area contributed by atoms with Crippen LogP contribution in [0, 0.1) is 0 Å². The lowest BCUT2D eigenvalue weighted by atomic mass is 9.82. The Morgan fingerprint density at radius 2 is 1.00 bits per heavy atom. The number of furan rings is 1. The van der Waals surface area contributed by atoms with Crippen LogP contribution in [0.2, 0.25) is 0 Å². The molecule has 0 aliphatic heterocycles. The normalized spacial score (nSPS) is 13.8. The molecule has 0 radical (unpaired) electrons. The predicted molar refractivity (Wildman–Crippen MR) is 203 cm³/mol. The standard InChI is InChI=1S/C47H30O/c1-47(2)39-15-6-5-13-37(39)44-33(14-8-16-40(44)47)36-24-23-35(45-38-25-30-9-3-4-10-31(30)26-41(38)48-46(36)45)32-21-19-29-18-17-27-11-7-12-28-20-22-34(32)43(29)42(27)28/h3-26H,1-2H3. The maximum Gasteiger partial charge on any atom is 0.143 e. The van der Waals surface area contributed by atoms with E-state index in [0.29, 0.717) is 0 Å². The van der Waals surface area contributed by atoms with Gasteiger partial charge in [0.05, 0.1) is 0 Å². The van der Waals surface area contributed by atoms with Gasteiger partial charge in [0.25, 0.3) is 0 Å². The lowest BCUT2D eigenvalue weighted by Gasteiger charge is -2.21. The number of fused-ring (bicyclic) bond motifs is 7. The SMILES string of the molecule is CC1(C)c2ccccc2-c2c(-c3ccc(-c4ccc5ccc6cccc7ccc4c5c67)c4c3oc3cc5ccccc5cc34)cccc21. The van der Waals surface area contributed by atoms with Crippen molar-refractivity contribution < 1.29 is 4.42 Å². The van der Waals surface area contributed by atoms with Gasteiger partial charge in [-0.25, -0.2) is 0 Å². The molecule has 0 amide bonds. The highest BCUT2D eigenvalue weighted by atomic mass is 16.3. The van der Waals surface area contributed by atoms with Crippen molar-refractivity contribution in [1.82, 2.24) is 0 Å². The summed E-state index contributed by atoms with van der Waals surface area (Å²) >= 11 is 0. The average Bonchev–Trinajstić information content (AvgIpc) is 3.61. The fourth-order valence-corrected chi connectivity index (χ4v) is 8.95. The van der Waals surface area contributed by atoms with Gasteiger partial charge in [0, 0.05) is 21.8 Å². The second kappa shape index (κ2) is 9.12. The van der Waals surface area contributed by atoms with Crippen LogP contribution in [0.4, 0.5) is 0 Å². The fraction of sp³-hybridized carbons (Fsp3) is 0.0638. The molecule has 1 heteroatoms. The van der Waals surface area contributed by atoms with Gasteiger partial charge in [0.1, 0.15) is 11.2 Å². The van der Waals surface area contributed by atoms with Crippen molar-refractivity contribution in [3.05, 3.63) is 157 Å². The lowest BCUT2D eigenvalue weighted by molar-refractivity contribution is 0.660. The summed E-state index contributed by atoms with van der Waals surface area (Å²) in [5, 5.41) is 12.5. The van der Waals surface area contributed by atoms with E-state index in [2.05, 4.69) is 159 Å². The average molecular weight is 611 g/mol. The molecule has 10 aromatic rings. The third-order valence-corrected chi connectivity index (χ3v) is 11.2. The minimum absolute atomic E-state index is 0.0751. The van der Waals surface area contributed by atoms with E-state index in [0.717, 1.165) is 22.1 Å². The summed E-state index contributed by atoms with van der Waals surface area (Å²) in [4.78, 5) is 0. The fourth-order valence-electron chi connectivity index (χ4n) is 8.95. The maximum absolute atomic E-state index is 7.03. The molecule has 224 valence electrons. The first-order valence-electron chi connectivity index (χ1n) is 16.8. The Bertz CT molecular complexity index is 2960. The molecule has 0 N–H and O–H groups in total. The highest BCUT2D eigenvalue weighted by molar-refractivity contribution is 6.28. The van der Waals surface area contributed by atoms with Crippen molar-refractivity contribution in [3.8, 4) is 33.4 Å². The van der Waals surface area contributed by atoms with Gasteiger partial charge in [-0.1, -0.05) is 141 Å². The Hall–Kier alpha value is -5.92. The summed E-state index contributed by atoms with van der Waals surface area (Å²) in [6, 6.07) is 53.9. The first-order valence-corrected chi connectivity index (χ1v) is 16.8. The van der Waals surface area contributed by atoms with Crippen LogP contribution in [-0.2, 0) is 5.41 Å². The molecule has 9 aromatic carbocycles. The zero-order chi connectivity index (χ0) is 31.7. The minimum atomic E-state index is -0.0751. The molecule has 0 bridgehead atoms. The molecule has 1 aromatic heterocycles. The summed E-state index contributed by atoms with van der Waals surface area (Å²) in [6.45, 7) is 4.70. The number of benzene rings is 9. The molecule has 0 unspecified atom stereocenters. The van der Waals surface area contributed by atoms with Crippen molar-refractivity contribution in [2.24, 2.45) is 0 Å². The van der Waals surface area contributed by atoms with Gasteiger partial charge in [-0.2, -0.15) is 0 Å². The molecule has 0 saturated carbocycles. The van der Waals surface area contributed by atoms with E-state index in [9.17, 15) is 0 Å². The second-order valence-electron chi connectivity index (χ2n) is 14.0. The third-order valence-electron chi connectivity index (χ3n) is 11.2. The predicted octanol–water partition coefficient (Wildman–Crippen LogP) is 13.3. The Morgan fingerprint density at radius 1 is 0.396 bits per heavy atom. The van der Waals surface area contributed by atoms with Gasteiger partial charge in [-0.3, -0.25) is 0 Å². The molecular formula is C47H30O. The Morgan fingerprint density at radius 3 is 1.85 bits per heavy atom. The first kappa shape index (κ1) is 26.2. The Labute approximate surface area is 278 Å². The summed E-state index contributed by atoms with van der Waals surface area (Å²) in [5.74, 6) is 0. The molecule has 0 spiro atoms. The molecular weight excluding hydrogens is 581 g/mol. The van der Waals surface area contributed by atoms with Crippen LogP contribution < -0.4 is 0 Å². The van der Waals surface area contributed by atoms with Crippen molar-refractivity contribution >= 4 is 65.0 Å². The third kappa shape index (κ3) is 3.31. The van der Waals surface area contributed by atoms with Gasteiger partial charge in [-0.15, -0.1) is 0 Å². The molecule has 48 heavy (non-hydrogen) atoms. The van der Waals surface area contributed by atoms with Crippen LogP contribution in [0.1, 0.15) is 25.0 Å². The summed E-state index contributed by atoms with van der Waals surface area (Å²) < 4.78 is 7.03. The molecule has 1 nitrogen and oxygen atoms in total. The summed E-state index contributed by atoms with van der Waals surface area (Å²) in [6.07, 6.45) is 0. The highest BCUT2D eigenvalue weighted by Crippen LogP contribution is 2.54. The van der Waals surface area contributed by atoms with E-state index in [-0.39, 0.29) is 5.41 Å². The molecule has 0 fully saturated rings. The molecule has 1 aliphatic rings. The number of rotatable bonds is 2. The van der Waals surface area contributed by atoms with Gasteiger partial charge in [-0.05, 0) is 100 Å². The van der Waals surface area contributed by atoms with Gasteiger partial charge in [0.2, 0.25) is 0 Å². The molecule has 11 rings (SSSR count). The number of hydrogen-bond donors (Lipinski definition) is 0. The van der Waals surface area contributed by atoms with Crippen molar-refractivity contribution in [2.45, 2.75) is 19.3 Å². The van der Waals surface area contributed by atoms with Gasteiger partial charge < -0.3 is 4.42 Å². The summed E-state index contributed by atoms with van der Waals surface area (Å²) in [5.41, 5.74) is 12.0. The quantitative estimate of drug-likeness (QED) is 0.178. The van der Waals surface area contributed by atoms with E-state index >= 15 is 0 Å². The van der Waals surface area contributed by atoms with Crippen molar-refractivity contribution in [2.75, 3.05) is 0 Å². The largest absolute Gasteiger partial charge is 0.455 e. The second-order valence-corrected chi connectivity index (χ2v) is 14.0. The van der Waals surface area contributed by atoms with E-state index in [1.54, 1.807) is 0 Å². The topological polar surface area (TPSA) is 13.1 Å². The Kier molecular flexibility index (Phi) is 4.97. The van der Waals surface area contributed by atoms with Gasteiger partial charge in [0.15, 0.2) is 0 Å². The molecule has 1 heterocycles. The van der Waals surface area contributed by atoms with Crippen LogP contribution >= 0.6 is 0 Å². The van der Waals surface area contributed by atoms with Crippen LogP contribution in [0.25, 0.3) is 98.4 Å². The summed E-state index contributed by atoms with van der Waals surface area (Å²) in [7, 11) is 0. The van der Waals surface area contributed by atoms with E-state index < -0.39 is 0 Å². The first-order chi connectivity index (χ1) is 23.6. The van der Waals surface area contributed by atoms with Crippen LogP contribution in [0.5, 0.6) is 0 Å². The van der Waals surface area contributed by atoms with E-state index in [4.69, 9.17) is 4.42 Å². The zero-order valence-corrected chi connectivity index (χ0v) is 26.8. The van der Waals surface area contributed by atoms with E-state index in [1.165, 1.54) is 87.4 Å².